The minimum Gasteiger partial charge on any atom is -0.354 e. The van der Waals surface area contributed by atoms with Gasteiger partial charge in [0.15, 0.2) is 0 Å². The van der Waals surface area contributed by atoms with Crippen molar-refractivity contribution in [2.75, 3.05) is 25.0 Å². The molecule has 2 N–H and O–H groups in total. The molecule has 0 radical (unpaired) electrons. The second kappa shape index (κ2) is 4.98. The highest BCUT2D eigenvalue weighted by atomic mass is 16.2. The van der Waals surface area contributed by atoms with Crippen molar-refractivity contribution >= 4 is 11.6 Å². The fourth-order valence-electron chi connectivity index (χ4n) is 2.62. The molecule has 1 saturated heterocycles. The summed E-state index contributed by atoms with van der Waals surface area (Å²) < 4.78 is 0. The van der Waals surface area contributed by atoms with E-state index in [0.29, 0.717) is 6.54 Å². The smallest absolute Gasteiger partial charge is 0.246 e. The van der Waals surface area contributed by atoms with Gasteiger partial charge in [-0.3, -0.25) is 4.79 Å². The van der Waals surface area contributed by atoms with Crippen LogP contribution in [0.15, 0.2) is 24.3 Å². The van der Waals surface area contributed by atoms with Gasteiger partial charge in [-0.2, -0.15) is 0 Å². The molecule has 4 nitrogen and oxygen atoms in total. The molecule has 2 atom stereocenters. The molecular weight excluding hydrogens is 226 g/mol. The summed E-state index contributed by atoms with van der Waals surface area (Å²) in [6.07, 6.45) is 0. The molecule has 1 amide bonds. The minimum absolute atomic E-state index is 0.108. The number of aryl methyl sites for hydroxylation is 1. The van der Waals surface area contributed by atoms with Crippen molar-refractivity contribution in [2.24, 2.45) is 5.73 Å². The Bertz CT molecular complexity index is 429. The average molecular weight is 247 g/mol. The predicted molar refractivity (Wildman–Crippen MR) is 73.6 cm³/mol. The number of carbonyl (C=O) groups is 1. The number of nitrogens with zero attached hydrogens (tertiary/aromatic N) is 2. The molecule has 2 rings (SSSR count). The zero-order valence-corrected chi connectivity index (χ0v) is 11.3. The van der Waals surface area contributed by atoms with Gasteiger partial charge in [0, 0.05) is 31.9 Å². The highest BCUT2D eigenvalue weighted by Crippen LogP contribution is 2.24. The molecule has 1 heterocycles. The standard InChI is InChI=1S/C14H21N3O/c1-10-4-6-12(7-5-10)17-11(2)9-16(3)14(18)13(17)8-15/h4-7,11,13H,8-9,15H2,1-3H3. The van der Waals surface area contributed by atoms with Crippen molar-refractivity contribution in [3.63, 3.8) is 0 Å². The third-order valence-electron chi connectivity index (χ3n) is 3.57. The number of piperazine rings is 1. The Kier molecular flexibility index (Phi) is 3.57. The van der Waals surface area contributed by atoms with Crippen LogP contribution in [-0.4, -0.2) is 43.0 Å². The van der Waals surface area contributed by atoms with Gasteiger partial charge in [-0.25, -0.2) is 0 Å². The summed E-state index contributed by atoms with van der Waals surface area (Å²) in [7, 11) is 1.84. The summed E-state index contributed by atoms with van der Waals surface area (Å²) >= 11 is 0. The number of nitrogens with two attached hydrogens (primary N) is 1. The SMILES string of the molecule is Cc1ccc(N2C(C)CN(C)C(=O)C2CN)cc1. The number of rotatable bonds is 2. The Morgan fingerprint density at radius 1 is 1.33 bits per heavy atom. The third kappa shape index (κ3) is 2.20. The van der Waals surface area contributed by atoms with Crippen LogP contribution in [0.3, 0.4) is 0 Å². The Hall–Kier alpha value is -1.55. The van der Waals surface area contributed by atoms with Crippen molar-refractivity contribution in [3.8, 4) is 0 Å². The highest BCUT2D eigenvalue weighted by Gasteiger charge is 2.36. The molecule has 0 spiro atoms. The van der Waals surface area contributed by atoms with E-state index >= 15 is 0 Å². The van der Waals surface area contributed by atoms with Crippen molar-refractivity contribution < 1.29 is 4.79 Å². The van der Waals surface area contributed by atoms with Crippen molar-refractivity contribution in [1.82, 2.24) is 4.90 Å². The number of benzene rings is 1. The van der Waals surface area contributed by atoms with Crippen LogP contribution in [0.2, 0.25) is 0 Å². The molecule has 1 aliphatic rings. The van der Waals surface area contributed by atoms with Gasteiger partial charge < -0.3 is 15.5 Å². The topological polar surface area (TPSA) is 49.6 Å². The molecule has 1 aliphatic heterocycles. The van der Waals surface area contributed by atoms with Crippen LogP contribution in [0.1, 0.15) is 12.5 Å². The molecule has 4 heteroatoms. The first-order valence-electron chi connectivity index (χ1n) is 6.34. The zero-order valence-electron chi connectivity index (χ0n) is 11.3. The van der Waals surface area contributed by atoms with E-state index in [9.17, 15) is 4.79 Å². The van der Waals surface area contributed by atoms with Crippen LogP contribution < -0.4 is 10.6 Å². The van der Waals surface area contributed by atoms with E-state index < -0.39 is 0 Å². The molecule has 98 valence electrons. The van der Waals surface area contributed by atoms with E-state index in [1.807, 2.05) is 7.05 Å². The first-order chi connectivity index (χ1) is 8.54. The number of likely N-dealkylation sites (N-methyl/N-ethyl adjacent to an activating group) is 1. The van der Waals surface area contributed by atoms with E-state index in [2.05, 4.69) is 43.0 Å². The van der Waals surface area contributed by atoms with E-state index in [4.69, 9.17) is 5.73 Å². The van der Waals surface area contributed by atoms with Gasteiger partial charge in [0.25, 0.3) is 0 Å². The monoisotopic (exact) mass is 247 g/mol. The lowest BCUT2D eigenvalue weighted by Gasteiger charge is -2.44. The minimum atomic E-state index is -0.249. The Morgan fingerprint density at radius 3 is 2.50 bits per heavy atom. The van der Waals surface area contributed by atoms with Crippen LogP contribution >= 0.6 is 0 Å². The highest BCUT2D eigenvalue weighted by molar-refractivity contribution is 5.87. The van der Waals surface area contributed by atoms with Crippen molar-refractivity contribution in [2.45, 2.75) is 25.9 Å². The fourth-order valence-corrected chi connectivity index (χ4v) is 2.62. The van der Waals surface area contributed by atoms with Gasteiger partial charge in [-0.15, -0.1) is 0 Å². The average Bonchev–Trinajstić information content (AvgIpc) is 2.35. The summed E-state index contributed by atoms with van der Waals surface area (Å²) in [5.74, 6) is 0.108. The second-order valence-electron chi connectivity index (χ2n) is 5.06. The first kappa shape index (κ1) is 12.9. The lowest BCUT2D eigenvalue weighted by Crippen LogP contribution is -2.62. The van der Waals surface area contributed by atoms with Crippen LogP contribution in [0.5, 0.6) is 0 Å². The van der Waals surface area contributed by atoms with E-state index in [1.165, 1.54) is 5.56 Å². The molecule has 0 bridgehead atoms. The summed E-state index contributed by atoms with van der Waals surface area (Å²) in [6, 6.07) is 8.29. The third-order valence-corrected chi connectivity index (χ3v) is 3.57. The maximum absolute atomic E-state index is 12.2. The summed E-state index contributed by atoms with van der Waals surface area (Å²) in [4.78, 5) is 16.1. The van der Waals surface area contributed by atoms with Crippen LogP contribution in [0.25, 0.3) is 0 Å². The van der Waals surface area contributed by atoms with Gasteiger partial charge in [0.2, 0.25) is 5.91 Å². The van der Waals surface area contributed by atoms with E-state index in [-0.39, 0.29) is 18.0 Å². The Labute approximate surface area is 108 Å². The van der Waals surface area contributed by atoms with Gasteiger partial charge in [0.1, 0.15) is 6.04 Å². The Morgan fingerprint density at radius 2 is 1.94 bits per heavy atom. The van der Waals surface area contributed by atoms with Crippen LogP contribution in [-0.2, 0) is 4.79 Å². The molecule has 1 aromatic rings. The summed E-state index contributed by atoms with van der Waals surface area (Å²) in [5, 5.41) is 0. The van der Waals surface area contributed by atoms with E-state index in [1.54, 1.807) is 4.90 Å². The molecule has 0 saturated carbocycles. The van der Waals surface area contributed by atoms with Crippen molar-refractivity contribution in [1.29, 1.82) is 0 Å². The van der Waals surface area contributed by atoms with Gasteiger partial charge in [-0.05, 0) is 26.0 Å². The largest absolute Gasteiger partial charge is 0.354 e. The maximum atomic E-state index is 12.2. The molecule has 1 aromatic carbocycles. The van der Waals surface area contributed by atoms with Crippen LogP contribution in [0.4, 0.5) is 5.69 Å². The van der Waals surface area contributed by atoms with Crippen LogP contribution in [0, 0.1) is 6.92 Å². The van der Waals surface area contributed by atoms with E-state index in [0.717, 1.165) is 12.2 Å². The summed E-state index contributed by atoms with van der Waals surface area (Å²) in [5.41, 5.74) is 8.08. The predicted octanol–water partition coefficient (Wildman–Crippen LogP) is 0.989. The number of anilines is 1. The van der Waals surface area contributed by atoms with Gasteiger partial charge in [-0.1, -0.05) is 17.7 Å². The lowest BCUT2D eigenvalue weighted by molar-refractivity contribution is -0.133. The number of hydrogen-bond acceptors (Lipinski definition) is 3. The summed E-state index contributed by atoms with van der Waals surface area (Å²) in [6.45, 7) is 5.28. The lowest BCUT2D eigenvalue weighted by atomic mass is 10.0. The Balaban J connectivity index is 2.34. The number of carbonyl (C=O) groups excluding carboxylic acids is 1. The molecule has 18 heavy (non-hydrogen) atoms. The molecule has 1 fully saturated rings. The van der Waals surface area contributed by atoms with Gasteiger partial charge >= 0.3 is 0 Å². The zero-order chi connectivity index (χ0) is 13.3. The van der Waals surface area contributed by atoms with Gasteiger partial charge in [0.05, 0.1) is 0 Å². The number of amides is 1. The molecular formula is C14H21N3O. The molecule has 0 aromatic heterocycles. The maximum Gasteiger partial charge on any atom is 0.246 e. The first-order valence-corrected chi connectivity index (χ1v) is 6.34. The molecule has 0 aliphatic carbocycles. The second-order valence-corrected chi connectivity index (χ2v) is 5.06. The van der Waals surface area contributed by atoms with Crippen molar-refractivity contribution in [3.05, 3.63) is 29.8 Å². The fraction of sp³-hybridized carbons (Fsp3) is 0.500. The molecule has 2 unspecified atom stereocenters. The quantitative estimate of drug-likeness (QED) is 0.848. The normalized spacial score (nSPS) is 24.6. The number of hydrogen-bond donors (Lipinski definition) is 1.